The number of fused-ring (bicyclic) bond motifs is 6. The van der Waals surface area contributed by atoms with Gasteiger partial charge in [0.2, 0.25) is 0 Å². The van der Waals surface area contributed by atoms with Crippen LogP contribution in [-0.2, 0) is 37.9 Å². The van der Waals surface area contributed by atoms with Crippen molar-refractivity contribution in [1.82, 2.24) is 0 Å². The van der Waals surface area contributed by atoms with Gasteiger partial charge in [-0.3, -0.25) is 0 Å². The van der Waals surface area contributed by atoms with Crippen molar-refractivity contribution in [2.75, 3.05) is 9.80 Å². The lowest BCUT2D eigenvalue weighted by Gasteiger charge is -2.48. The van der Waals surface area contributed by atoms with Crippen molar-refractivity contribution in [3.05, 3.63) is 219 Å². The number of benzene rings is 8. The Morgan fingerprint density at radius 1 is 0.388 bits per heavy atom. The molecule has 0 atom stereocenters. The molecule has 2 nitrogen and oxygen atoms in total. The smallest absolute Gasteiger partial charge is 0.252 e. The topological polar surface area (TPSA) is 6.48 Å². The second kappa shape index (κ2) is 18.5. The second-order valence-electron chi connectivity index (χ2n) is 29.8. The maximum atomic E-state index is 2.74. The SMILES string of the molecule is CC(C)c1cc2c3c(c1)N(c1ccc(C(C)(C)c4ccccc4)cc1-c1cccc(C(C)(C)C)c1)c1cc(C(C)(C)c4ccccc4)ccc1B3c1cc3c(cc1N2c1ccc2c(c1)C(C)(C)CCC2(C)C)C(C)(C)CCC3(C)C. The van der Waals surface area contributed by atoms with Crippen molar-refractivity contribution in [2.24, 2.45) is 0 Å². The third-order valence-corrected chi connectivity index (χ3v) is 20.5. The highest BCUT2D eigenvalue weighted by Gasteiger charge is 2.48. The molecule has 2 aliphatic carbocycles. The van der Waals surface area contributed by atoms with Gasteiger partial charge in [-0.15, -0.1) is 0 Å². The van der Waals surface area contributed by atoms with Gasteiger partial charge < -0.3 is 9.80 Å². The van der Waals surface area contributed by atoms with E-state index in [1.54, 1.807) is 0 Å². The van der Waals surface area contributed by atoms with Crippen LogP contribution in [0.5, 0.6) is 0 Å². The van der Waals surface area contributed by atoms with E-state index >= 15 is 0 Å². The van der Waals surface area contributed by atoms with Crippen LogP contribution in [0.4, 0.5) is 34.1 Å². The van der Waals surface area contributed by atoms with E-state index < -0.39 is 0 Å². The van der Waals surface area contributed by atoms with Crippen molar-refractivity contribution in [3.8, 4) is 11.1 Å². The Labute approximate surface area is 482 Å². The molecule has 0 bridgehead atoms. The molecule has 0 N–H and O–H groups in total. The van der Waals surface area contributed by atoms with Crippen molar-refractivity contribution in [2.45, 2.75) is 187 Å². The summed E-state index contributed by atoms with van der Waals surface area (Å²) >= 11 is 0. The highest BCUT2D eigenvalue weighted by atomic mass is 15.2. The summed E-state index contributed by atoms with van der Waals surface area (Å²) in [7, 11) is 0. The summed E-state index contributed by atoms with van der Waals surface area (Å²) in [4.78, 5) is 5.47. The molecule has 2 heterocycles. The second-order valence-corrected chi connectivity index (χ2v) is 29.8. The average molecular weight is 1050 g/mol. The van der Waals surface area contributed by atoms with E-state index in [-0.39, 0.29) is 50.5 Å². The van der Waals surface area contributed by atoms with E-state index in [2.05, 4.69) is 291 Å². The molecule has 4 aliphatic rings. The lowest BCUT2D eigenvalue weighted by molar-refractivity contribution is 0.332. The Balaban J connectivity index is 1.22. The van der Waals surface area contributed by atoms with Crippen molar-refractivity contribution in [1.29, 1.82) is 0 Å². The minimum absolute atomic E-state index is 0.0179. The average Bonchev–Trinajstić information content (AvgIpc) is 3.58. The standard InChI is InChI=1S/C77H87BN2/c1-49(2)51-42-68-70-69(43-51)80(65-36-32-55(76(14,15)52-26-20-18-21-27-52)44-58(65)50-25-24-30-54(41-50)71(3,4)5)66-45-56(77(16,17)53-28-22-19-23-29-53)31-35-63(66)78(70)64-47-61-62(75(12,13)40-39-74(61,10)11)48-67(64)79(68)57-33-34-59-60(46-57)73(8,9)38-37-72(59,6)7/h18-36,41-49H,37-40H2,1-17H3. The Kier molecular flexibility index (Phi) is 12.5. The predicted molar refractivity (Wildman–Crippen MR) is 346 cm³/mol. The summed E-state index contributed by atoms with van der Waals surface area (Å²) in [6.07, 6.45) is 4.68. The molecule has 0 unspecified atom stereocenters. The zero-order chi connectivity index (χ0) is 56.9. The normalized spacial score (nSPS) is 17.6. The van der Waals surface area contributed by atoms with Crippen LogP contribution in [0, 0.1) is 0 Å². The molecule has 0 saturated carbocycles. The monoisotopic (exact) mass is 1050 g/mol. The molecular weight excluding hydrogens is 964 g/mol. The van der Waals surface area contributed by atoms with E-state index in [9.17, 15) is 0 Å². The first kappa shape index (κ1) is 54.0. The van der Waals surface area contributed by atoms with Crippen LogP contribution in [0.1, 0.15) is 205 Å². The fourth-order valence-corrected chi connectivity index (χ4v) is 14.6. The molecule has 8 aromatic carbocycles. The van der Waals surface area contributed by atoms with Gasteiger partial charge in [0.1, 0.15) is 0 Å². The maximum Gasteiger partial charge on any atom is 0.252 e. The molecule has 12 rings (SSSR count). The maximum absolute atomic E-state index is 2.74. The van der Waals surface area contributed by atoms with Crippen LogP contribution in [0.2, 0.25) is 0 Å². The third kappa shape index (κ3) is 8.65. The van der Waals surface area contributed by atoms with E-state index in [0.29, 0.717) is 0 Å². The molecule has 0 radical (unpaired) electrons. The van der Waals surface area contributed by atoms with Crippen molar-refractivity contribution < 1.29 is 0 Å². The predicted octanol–water partition coefficient (Wildman–Crippen LogP) is 19.2. The highest BCUT2D eigenvalue weighted by Crippen LogP contribution is 2.54. The molecule has 8 aromatic rings. The number of anilines is 6. The number of hydrogen-bond acceptors (Lipinski definition) is 2. The molecule has 0 aromatic heterocycles. The fraction of sp³-hybridized carbons (Fsp3) is 0.377. The highest BCUT2D eigenvalue weighted by molar-refractivity contribution is 7.00. The van der Waals surface area contributed by atoms with Gasteiger partial charge in [-0.05, 0) is 185 Å². The summed E-state index contributed by atoms with van der Waals surface area (Å²) in [5, 5.41) is 0. The Bertz CT molecular complexity index is 3750. The molecule has 2 aliphatic heterocycles. The molecule has 3 heteroatoms. The summed E-state index contributed by atoms with van der Waals surface area (Å²) in [5.74, 6) is 0.272. The third-order valence-electron chi connectivity index (χ3n) is 20.5. The van der Waals surface area contributed by atoms with Gasteiger partial charge in [0.25, 0.3) is 6.71 Å². The molecule has 0 amide bonds. The largest absolute Gasteiger partial charge is 0.311 e. The van der Waals surface area contributed by atoms with Gasteiger partial charge in [0.05, 0.1) is 5.69 Å². The van der Waals surface area contributed by atoms with Gasteiger partial charge in [-0.1, -0.05) is 233 Å². The zero-order valence-electron chi connectivity index (χ0n) is 51.5. The lowest BCUT2D eigenvalue weighted by atomic mass is 9.33. The first-order valence-electron chi connectivity index (χ1n) is 30.2. The van der Waals surface area contributed by atoms with Gasteiger partial charge in [-0.25, -0.2) is 0 Å². The summed E-state index contributed by atoms with van der Waals surface area (Å²) in [6.45, 7) is 41.3. The summed E-state index contributed by atoms with van der Waals surface area (Å²) in [6, 6.07) is 64.9. The molecule has 0 fully saturated rings. The molecular formula is C77H87BN2. The Hall–Kier alpha value is -6.58. The van der Waals surface area contributed by atoms with E-state index in [0.717, 1.165) is 12.8 Å². The zero-order valence-corrected chi connectivity index (χ0v) is 51.5. The number of rotatable bonds is 8. The minimum atomic E-state index is -0.272. The summed E-state index contributed by atoms with van der Waals surface area (Å²) < 4.78 is 0. The van der Waals surface area contributed by atoms with Gasteiger partial charge in [-0.2, -0.15) is 0 Å². The van der Waals surface area contributed by atoms with Crippen LogP contribution < -0.4 is 26.2 Å². The van der Waals surface area contributed by atoms with Gasteiger partial charge >= 0.3 is 0 Å². The molecule has 80 heavy (non-hydrogen) atoms. The number of hydrogen-bond donors (Lipinski definition) is 0. The van der Waals surface area contributed by atoms with Crippen molar-refractivity contribution in [3.63, 3.8) is 0 Å². The lowest BCUT2D eigenvalue weighted by Crippen LogP contribution is -2.62. The number of nitrogens with zero attached hydrogens (tertiary/aromatic N) is 2. The van der Waals surface area contributed by atoms with Gasteiger partial charge in [0.15, 0.2) is 0 Å². The Morgan fingerprint density at radius 2 is 0.887 bits per heavy atom. The molecule has 0 spiro atoms. The van der Waals surface area contributed by atoms with Gasteiger partial charge in [0, 0.05) is 44.8 Å². The van der Waals surface area contributed by atoms with E-state index in [1.165, 1.54) is 130 Å². The first-order valence-corrected chi connectivity index (χ1v) is 30.2. The van der Waals surface area contributed by atoms with E-state index in [1.807, 2.05) is 0 Å². The van der Waals surface area contributed by atoms with Crippen LogP contribution in [0.25, 0.3) is 11.1 Å². The van der Waals surface area contributed by atoms with Crippen LogP contribution >= 0.6 is 0 Å². The Morgan fingerprint density at radius 3 is 1.46 bits per heavy atom. The van der Waals surface area contributed by atoms with E-state index in [4.69, 9.17) is 0 Å². The minimum Gasteiger partial charge on any atom is -0.311 e. The van der Waals surface area contributed by atoms with Crippen LogP contribution in [-0.4, -0.2) is 6.71 Å². The first-order chi connectivity index (χ1) is 37.6. The van der Waals surface area contributed by atoms with Crippen molar-refractivity contribution >= 4 is 57.2 Å². The van der Waals surface area contributed by atoms with Crippen LogP contribution in [0.3, 0.4) is 0 Å². The molecule has 408 valence electrons. The fourth-order valence-electron chi connectivity index (χ4n) is 14.6. The quantitative estimate of drug-likeness (QED) is 0.140. The van der Waals surface area contributed by atoms with Crippen LogP contribution in [0.15, 0.2) is 164 Å². The summed E-state index contributed by atoms with van der Waals surface area (Å²) in [5.41, 5.74) is 27.8. The molecule has 0 saturated heterocycles.